The molecule has 1 aliphatic carbocycles. The van der Waals surface area contributed by atoms with Gasteiger partial charge in [0.05, 0.1) is 5.84 Å². The fourth-order valence-electron chi connectivity index (χ4n) is 1.60. The van der Waals surface area contributed by atoms with Gasteiger partial charge in [0.1, 0.15) is 0 Å². The summed E-state index contributed by atoms with van der Waals surface area (Å²) in [5, 5.41) is 10.4. The lowest BCUT2D eigenvalue weighted by molar-refractivity contribution is 0.432. The predicted octanol–water partition coefficient (Wildman–Crippen LogP) is 1.76. The normalized spacial score (nSPS) is 20.5. The molecule has 2 heteroatoms. The molecule has 58 valence electrons. The van der Waals surface area contributed by atoms with Crippen molar-refractivity contribution in [1.82, 2.24) is 5.32 Å². The summed E-state index contributed by atoms with van der Waals surface area (Å²) in [6.45, 7) is 0. The van der Waals surface area contributed by atoms with E-state index in [1.54, 1.807) is 0 Å². The first kappa shape index (κ1) is 7.58. The Morgan fingerprint density at radius 1 is 1.30 bits per heavy atom. The highest BCUT2D eigenvalue weighted by Gasteiger charge is 2.16. The minimum absolute atomic E-state index is 0.541. The van der Waals surface area contributed by atoms with Crippen LogP contribution in [0.2, 0.25) is 0 Å². The van der Waals surface area contributed by atoms with Crippen molar-refractivity contribution in [3.63, 3.8) is 0 Å². The molecule has 0 aromatic rings. The Kier molecular flexibility index (Phi) is 2.72. The summed E-state index contributed by atoms with van der Waals surface area (Å²) in [7, 11) is 1.84. The largest absolute Gasteiger partial charge is 0.377 e. The van der Waals surface area contributed by atoms with Crippen molar-refractivity contribution in [3.8, 4) is 0 Å². The molecule has 0 saturated heterocycles. The molecule has 0 radical (unpaired) electrons. The molecular formula is C8H16N2. The minimum Gasteiger partial charge on any atom is -0.377 e. The third kappa shape index (κ3) is 1.72. The van der Waals surface area contributed by atoms with E-state index in [9.17, 15) is 0 Å². The average Bonchev–Trinajstić information content (AvgIpc) is 2.05. The van der Waals surface area contributed by atoms with Gasteiger partial charge in [0.15, 0.2) is 0 Å². The SMILES string of the molecule is CNC(=N)C1CCCCC1. The van der Waals surface area contributed by atoms with Gasteiger partial charge >= 0.3 is 0 Å². The highest BCUT2D eigenvalue weighted by Crippen LogP contribution is 2.23. The van der Waals surface area contributed by atoms with Crippen molar-refractivity contribution in [2.24, 2.45) is 5.92 Å². The van der Waals surface area contributed by atoms with Crippen LogP contribution in [0.3, 0.4) is 0 Å². The quantitative estimate of drug-likeness (QED) is 0.422. The molecule has 2 nitrogen and oxygen atoms in total. The van der Waals surface area contributed by atoms with Crippen molar-refractivity contribution in [1.29, 1.82) is 5.41 Å². The number of amidine groups is 1. The fraction of sp³-hybridized carbons (Fsp3) is 0.875. The van der Waals surface area contributed by atoms with Gasteiger partial charge in [-0.15, -0.1) is 0 Å². The van der Waals surface area contributed by atoms with Crippen LogP contribution < -0.4 is 5.32 Å². The Labute approximate surface area is 62.5 Å². The van der Waals surface area contributed by atoms with Gasteiger partial charge in [-0.1, -0.05) is 19.3 Å². The van der Waals surface area contributed by atoms with Crippen LogP contribution in [0.25, 0.3) is 0 Å². The maximum Gasteiger partial charge on any atom is 0.0960 e. The molecule has 2 N–H and O–H groups in total. The predicted molar refractivity (Wildman–Crippen MR) is 43.4 cm³/mol. The summed E-state index contributed by atoms with van der Waals surface area (Å²) < 4.78 is 0. The summed E-state index contributed by atoms with van der Waals surface area (Å²) in [5.74, 6) is 1.28. The summed E-state index contributed by atoms with van der Waals surface area (Å²) in [5.41, 5.74) is 0. The van der Waals surface area contributed by atoms with Crippen molar-refractivity contribution in [3.05, 3.63) is 0 Å². The first-order valence-corrected chi connectivity index (χ1v) is 4.11. The lowest BCUT2D eigenvalue weighted by Gasteiger charge is -2.21. The van der Waals surface area contributed by atoms with Gasteiger partial charge in [0, 0.05) is 13.0 Å². The van der Waals surface area contributed by atoms with Gasteiger partial charge in [-0.2, -0.15) is 0 Å². The monoisotopic (exact) mass is 140 g/mol. The molecule has 10 heavy (non-hydrogen) atoms. The van der Waals surface area contributed by atoms with E-state index in [1.165, 1.54) is 32.1 Å². The average molecular weight is 140 g/mol. The van der Waals surface area contributed by atoms with E-state index in [4.69, 9.17) is 5.41 Å². The third-order valence-corrected chi connectivity index (χ3v) is 2.28. The van der Waals surface area contributed by atoms with E-state index < -0.39 is 0 Å². The van der Waals surface area contributed by atoms with Crippen molar-refractivity contribution < 1.29 is 0 Å². The molecule has 0 aromatic carbocycles. The van der Waals surface area contributed by atoms with Crippen LogP contribution in [0.1, 0.15) is 32.1 Å². The van der Waals surface area contributed by atoms with Crippen LogP contribution in [0.4, 0.5) is 0 Å². The Hall–Kier alpha value is -0.530. The third-order valence-electron chi connectivity index (χ3n) is 2.28. The van der Waals surface area contributed by atoms with Crippen LogP contribution in [-0.4, -0.2) is 12.9 Å². The van der Waals surface area contributed by atoms with E-state index in [0.717, 1.165) is 5.84 Å². The highest BCUT2D eigenvalue weighted by molar-refractivity contribution is 5.81. The lowest BCUT2D eigenvalue weighted by atomic mass is 9.88. The molecule has 1 saturated carbocycles. The molecule has 0 atom stereocenters. The number of rotatable bonds is 1. The fourth-order valence-corrected chi connectivity index (χ4v) is 1.60. The van der Waals surface area contributed by atoms with Gasteiger partial charge in [-0.25, -0.2) is 0 Å². The van der Waals surface area contributed by atoms with E-state index in [2.05, 4.69) is 5.32 Å². The highest BCUT2D eigenvalue weighted by atomic mass is 14.9. The second kappa shape index (κ2) is 3.59. The van der Waals surface area contributed by atoms with E-state index in [1.807, 2.05) is 7.05 Å². The Balaban J connectivity index is 2.31. The smallest absolute Gasteiger partial charge is 0.0960 e. The van der Waals surface area contributed by atoms with E-state index >= 15 is 0 Å². The zero-order valence-electron chi connectivity index (χ0n) is 6.61. The van der Waals surface area contributed by atoms with Gasteiger partial charge in [0.25, 0.3) is 0 Å². The van der Waals surface area contributed by atoms with Gasteiger partial charge in [0.2, 0.25) is 0 Å². The molecule has 0 heterocycles. The second-order valence-electron chi connectivity index (χ2n) is 3.00. The molecule has 1 fully saturated rings. The Morgan fingerprint density at radius 3 is 2.40 bits per heavy atom. The maximum absolute atomic E-state index is 7.52. The molecule has 0 bridgehead atoms. The molecular weight excluding hydrogens is 124 g/mol. The Morgan fingerprint density at radius 2 is 1.90 bits per heavy atom. The lowest BCUT2D eigenvalue weighted by Crippen LogP contribution is -2.27. The molecule has 0 aromatic heterocycles. The van der Waals surface area contributed by atoms with Gasteiger partial charge < -0.3 is 5.32 Å². The van der Waals surface area contributed by atoms with Crippen LogP contribution in [-0.2, 0) is 0 Å². The first-order chi connectivity index (χ1) is 4.84. The van der Waals surface area contributed by atoms with Gasteiger partial charge in [-0.05, 0) is 12.8 Å². The topological polar surface area (TPSA) is 35.9 Å². The minimum atomic E-state index is 0.541. The number of hydrogen-bond donors (Lipinski definition) is 2. The standard InChI is InChI=1S/C8H16N2/c1-10-8(9)7-5-3-2-4-6-7/h7H,2-6H2,1H3,(H2,9,10). The first-order valence-electron chi connectivity index (χ1n) is 4.11. The molecule has 1 aliphatic rings. The maximum atomic E-state index is 7.52. The molecule has 0 amide bonds. The van der Waals surface area contributed by atoms with Crippen LogP contribution in [0.15, 0.2) is 0 Å². The summed E-state index contributed by atoms with van der Waals surface area (Å²) in [6, 6.07) is 0. The van der Waals surface area contributed by atoms with Crippen molar-refractivity contribution >= 4 is 5.84 Å². The van der Waals surface area contributed by atoms with Crippen molar-refractivity contribution in [2.75, 3.05) is 7.05 Å². The summed E-state index contributed by atoms with van der Waals surface area (Å²) in [4.78, 5) is 0. The van der Waals surface area contributed by atoms with E-state index in [0.29, 0.717) is 5.92 Å². The second-order valence-corrected chi connectivity index (χ2v) is 3.00. The van der Waals surface area contributed by atoms with Crippen molar-refractivity contribution in [2.45, 2.75) is 32.1 Å². The van der Waals surface area contributed by atoms with E-state index in [-0.39, 0.29) is 0 Å². The molecule has 0 unspecified atom stereocenters. The summed E-state index contributed by atoms with van der Waals surface area (Å²) in [6.07, 6.45) is 6.44. The summed E-state index contributed by atoms with van der Waals surface area (Å²) >= 11 is 0. The van der Waals surface area contributed by atoms with Crippen LogP contribution in [0, 0.1) is 11.3 Å². The molecule has 1 rings (SSSR count). The number of hydrogen-bond acceptors (Lipinski definition) is 1. The van der Waals surface area contributed by atoms with Crippen LogP contribution in [0.5, 0.6) is 0 Å². The Bertz CT molecular complexity index is 114. The number of nitrogens with one attached hydrogen (secondary N) is 2. The molecule has 0 spiro atoms. The van der Waals surface area contributed by atoms with Gasteiger partial charge in [-0.3, -0.25) is 5.41 Å². The zero-order valence-corrected chi connectivity index (χ0v) is 6.61. The van der Waals surface area contributed by atoms with Crippen LogP contribution >= 0.6 is 0 Å². The molecule has 0 aliphatic heterocycles. The zero-order chi connectivity index (χ0) is 7.40.